The fourth-order valence-corrected chi connectivity index (χ4v) is 4.73. The lowest BCUT2D eigenvalue weighted by atomic mass is 10.1. The third-order valence-electron chi connectivity index (χ3n) is 5.59. The number of ether oxygens (including phenoxy) is 1. The van der Waals surface area contributed by atoms with Crippen molar-refractivity contribution in [1.82, 2.24) is 24.7 Å². The summed E-state index contributed by atoms with van der Waals surface area (Å²) in [5.41, 5.74) is 6.66. The molecule has 3 aromatic heterocycles. The van der Waals surface area contributed by atoms with Crippen molar-refractivity contribution < 1.29 is 4.74 Å². The second-order valence-corrected chi connectivity index (χ2v) is 8.72. The molecule has 0 unspecified atom stereocenters. The van der Waals surface area contributed by atoms with Gasteiger partial charge in [-0.3, -0.25) is 4.68 Å². The summed E-state index contributed by atoms with van der Waals surface area (Å²) >= 11 is 1.62. The number of anilines is 2. The van der Waals surface area contributed by atoms with E-state index in [2.05, 4.69) is 55.7 Å². The molecule has 7 nitrogen and oxygen atoms in total. The molecule has 0 saturated heterocycles. The number of hydrogen-bond acceptors (Lipinski definition) is 7. The van der Waals surface area contributed by atoms with Crippen LogP contribution in [0.15, 0.2) is 66.7 Å². The molecule has 0 spiro atoms. The Morgan fingerprint density at radius 3 is 2.78 bits per heavy atom. The molecule has 0 radical (unpaired) electrons. The molecule has 3 heterocycles. The van der Waals surface area contributed by atoms with Gasteiger partial charge >= 0.3 is 0 Å². The molecule has 158 valence electrons. The van der Waals surface area contributed by atoms with E-state index in [0.29, 0.717) is 0 Å². The van der Waals surface area contributed by atoms with Gasteiger partial charge in [-0.25, -0.2) is 15.0 Å². The van der Waals surface area contributed by atoms with Gasteiger partial charge in [0.2, 0.25) is 0 Å². The topological polar surface area (TPSA) is 77.8 Å². The van der Waals surface area contributed by atoms with Gasteiger partial charge in [0, 0.05) is 37.3 Å². The van der Waals surface area contributed by atoms with Crippen LogP contribution in [-0.2, 0) is 7.05 Å². The highest BCUT2D eigenvalue weighted by Gasteiger charge is 2.19. The number of rotatable bonds is 5. The Morgan fingerprint density at radius 2 is 1.94 bits per heavy atom. The van der Waals surface area contributed by atoms with Gasteiger partial charge in [-0.15, -0.1) is 11.3 Å². The van der Waals surface area contributed by atoms with Crippen LogP contribution in [0.1, 0.15) is 12.8 Å². The van der Waals surface area contributed by atoms with Gasteiger partial charge in [-0.1, -0.05) is 12.2 Å². The fraction of sp³-hybridized carbons (Fsp3) is 0.167. The molecule has 0 amide bonds. The van der Waals surface area contributed by atoms with Gasteiger partial charge in [-0.2, -0.15) is 5.10 Å². The minimum atomic E-state index is 0.115. The van der Waals surface area contributed by atoms with Crippen LogP contribution >= 0.6 is 11.3 Å². The predicted molar refractivity (Wildman–Crippen MR) is 127 cm³/mol. The van der Waals surface area contributed by atoms with Gasteiger partial charge in [-0.05, 0) is 35.9 Å². The Morgan fingerprint density at radius 1 is 1.03 bits per heavy atom. The molecule has 1 N–H and O–H groups in total. The Balaban J connectivity index is 1.47. The van der Waals surface area contributed by atoms with Gasteiger partial charge in [0.1, 0.15) is 24.0 Å². The molecule has 2 aromatic carbocycles. The number of aromatic nitrogens is 5. The Kier molecular flexibility index (Phi) is 4.57. The zero-order valence-corrected chi connectivity index (χ0v) is 18.2. The van der Waals surface area contributed by atoms with E-state index in [4.69, 9.17) is 4.74 Å². The van der Waals surface area contributed by atoms with Crippen molar-refractivity contribution in [3.63, 3.8) is 0 Å². The van der Waals surface area contributed by atoms with Crippen LogP contribution in [0.5, 0.6) is 5.75 Å². The first kappa shape index (κ1) is 18.9. The summed E-state index contributed by atoms with van der Waals surface area (Å²) < 4.78 is 9.40. The highest BCUT2D eigenvalue weighted by atomic mass is 32.1. The standard InChI is InChI=1S/C24H20N6OS/c1-30-12-16(11-28-30)15-8-20-23(21(9-15)31-18-4-2-3-5-18)24(26-13-25-20)29-17-6-7-19-22(10-17)32-14-27-19/h2-3,6-14,18H,4-5H2,1H3,(H,25,26,29). The number of thiazole rings is 1. The van der Waals surface area contributed by atoms with Crippen LogP contribution in [0.25, 0.3) is 32.2 Å². The second kappa shape index (κ2) is 7.72. The van der Waals surface area contributed by atoms with Crippen molar-refractivity contribution in [2.24, 2.45) is 7.05 Å². The molecule has 1 aliphatic carbocycles. The van der Waals surface area contributed by atoms with Gasteiger partial charge in [0.05, 0.1) is 32.8 Å². The highest BCUT2D eigenvalue weighted by molar-refractivity contribution is 7.16. The summed E-state index contributed by atoms with van der Waals surface area (Å²) in [5.74, 6) is 1.49. The molecule has 0 aliphatic heterocycles. The summed E-state index contributed by atoms with van der Waals surface area (Å²) in [4.78, 5) is 13.5. The van der Waals surface area contributed by atoms with Crippen molar-refractivity contribution >= 4 is 44.0 Å². The van der Waals surface area contributed by atoms with Gasteiger partial charge in [0.15, 0.2) is 0 Å². The summed E-state index contributed by atoms with van der Waals surface area (Å²) in [7, 11) is 1.91. The molecule has 0 atom stereocenters. The maximum Gasteiger partial charge on any atom is 0.145 e. The molecule has 0 fully saturated rings. The third-order valence-corrected chi connectivity index (χ3v) is 6.38. The van der Waals surface area contributed by atoms with Crippen LogP contribution in [0.3, 0.4) is 0 Å². The number of hydrogen-bond donors (Lipinski definition) is 1. The van der Waals surface area contributed by atoms with E-state index in [0.717, 1.165) is 62.3 Å². The highest BCUT2D eigenvalue weighted by Crippen LogP contribution is 2.38. The molecule has 32 heavy (non-hydrogen) atoms. The minimum Gasteiger partial charge on any atom is -0.489 e. The van der Waals surface area contributed by atoms with Crippen molar-refractivity contribution in [1.29, 1.82) is 0 Å². The van der Waals surface area contributed by atoms with Gasteiger partial charge < -0.3 is 10.1 Å². The maximum absolute atomic E-state index is 6.48. The fourth-order valence-electron chi connectivity index (χ4n) is 4.02. The van der Waals surface area contributed by atoms with Crippen molar-refractivity contribution in [3.8, 4) is 16.9 Å². The molecule has 8 heteroatoms. The largest absolute Gasteiger partial charge is 0.489 e. The quantitative estimate of drug-likeness (QED) is 0.365. The first-order chi connectivity index (χ1) is 15.7. The summed E-state index contributed by atoms with van der Waals surface area (Å²) in [6, 6.07) is 10.2. The second-order valence-electron chi connectivity index (χ2n) is 7.84. The zero-order valence-electron chi connectivity index (χ0n) is 17.4. The number of aryl methyl sites for hydroxylation is 1. The van der Waals surface area contributed by atoms with Crippen molar-refractivity contribution in [2.45, 2.75) is 18.9 Å². The molecule has 6 rings (SSSR count). The van der Waals surface area contributed by atoms with E-state index in [-0.39, 0.29) is 6.10 Å². The maximum atomic E-state index is 6.48. The van der Waals surface area contributed by atoms with E-state index in [1.54, 1.807) is 22.3 Å². The Bertz CT molecular complexity index is 1460. The average Bonchev–Trinajstić information content (AvgIpc) is 3.55. The first-order valence-electron chi connectivity index (χ1n) is 10.4. The number of fused-ring (bicyclic) bond motifs is 2. The number of nitrogens with one attached hydrogen (secondary N) is 1. The molecular formula is C24H20N6OS. The summed E-state index contributed by atoms with van der Waals surface area (Å²) in [5, 5.41) is 8.66. The third kappa shape index (κ3) is 3.48. The monoisotopic (exact) mass is 440 g/mol. The predicted octanol–water partition coefficient (Wildman–Crippen LogP) is 5.48. The van der Waals surface area contributed by atoms with Crippen LogP contribution in [0, 0.1) is 0 Å². The smallest absolute Gasteiger partial charge is 0.145 e. The summed E-state index contributed by atoms with van der Waals surface area (Å²) in [6.45, 7) is 0. The van der Waals surface area contributed by atoms with Crippen LogP contribution in [0.4, 0.5) is 11.5 Å². The van der Waals surface area contributed by atoms with E-state index in [1.165, 1.54) is 0 Å². The SMILES string of the molecule is Cn1cc(-c2cc(OC3CC=CC3)c3c(Nc4ccc5ncsc5c4)ncnc3c2)cn1. The lowest BCUT2D eigenvalue weighted by molar-refractivity contribution is 0.219. The Hall–Kier alpha value is -3.78. The van der Waals surface area contributed by atoms with Gasteiger partial charge in [0.25, 0.3) is 0 Å². The normalized spacial score (nSPS) is 13.9. The lowest BCUT2D eigenvalue weighted by Gasteiger charge is -2.18. The van der Waals surface area contributed by atoms with Crippen LogP contribution in [-0.4, -0.2) is 30.8 Å². The van der Waals surface area contributed by atoms with E-state index in [1.807, 2.05) is 37.1 Å². The molecule has 0 saturated carbocycles. The molecule has 1 aliphatic rings. The average molecular weight is 441 g/mol. The number of benzene rings is 2. The molecular weight excluding hydrogens is 420 g/mol. The first-order valence-corrected chi connectivity index (χ1v) is 11.3. The van der Waals surface area contributed by atoms with Crippen LogP contribution in [0.2, 0.25) is 0 Å². The van der Waals surface area contributed by atoms with Crippen molar-refractivity contribution in [2.75, 3.05) is 5.32 Å². The summed E-state index contributed by atoms with van der Waals surface area (Å²) in [6.07, 6.45) is 11.7. The Labute approximate surface area is 188 Å². The molecule has 5 aromatic rings. The molecule has 0 bridgehead atoms. The van der Waals surface area contributed by atoms with E-state index < -0.39 is 0 Å². The van der Waals surface area contributed by atoms with E-state index in [9.17, 15) is 0 Å². The minimum absolute atomic E-state index is 0.115. The van der Waals surface area contributed by atoms with E-state index >= 15 is 0 Å². The van der Waals surface area contributed by atoms with Crippen molar-refractivity contribution in [3.05, 3.63) is 66.7 Å². The van der Waals surface area contributed by atoms with Crippen LogP contribution < -0.4 is 10.1 Å². The zero-order chi connectivity index (χ0) is 21.5. The number of nitrogens with zero attached hydrogens (tertiary/aromatic N) is 5. The lowest BCUT2D eigenvalue weighted by Crippen LogP contribution is -2.12.